The summed E-state index contributed by atoms with van der Waals surface area (Å²) in [4.78, 5) is 13.1. The Labute approximate surface area is 137 Å². The Morgan fingerprint density at radius 1 is 1.32 bits per heavy atom. The minimum Gasteiger partial charge on any atom is -0.393 e. The van der Waals surface area contributed by atoms with E-state index in [0.29, 0.717) is 11.4 Å². The molecule has 2 saturated carbocycles. The van der Waals surface area contributed by atoms with Crippen molar-refractivity contribution in [2.45, 2.75) is 53.1 Å². The van der Waals surface area contributed by atoms with Gasteiger partial charge in [-0.3, -0.25) is 4.79 Å². The number of nitrogens with one attached hydrogen (secondary N) is 1. The lowest BCUT2D eigenvalue weighted by molar-refractivity contribution is -0.130. The first-order valence-corrected chi connectivity index (χ1v) is 8.27. The summed E-state index contributed by atoms with van der Waals surface area (Å²) in [5.74, 6) is 0.0307. The predicted octanol–water partition coefficient (Wildman–Crippen LogP) is 4.16. The fourth-order valence-electron chi connectivity index (χ4n) is 4.64. The Kier molecular flexibility index (Phi) is 3.39. The van der Waals surface area contributed by atoms with E-state index >= 15 is 0 Å². The number of benzene rings is 1. The summed E-state index contributed by atoms with van der Waals surface area (Å²) in [6.45, 7) is 8.31. The molecule has 3 nitrogen and oxygen atoms in total. The van der Waals surface area contributed by atoms with E-state index in [1.165, 1.54) is 0 Å². The largest absolute Gasteiger partial charge is 0.393 e. The van der Waals surface area contributed by atoms with Crippen molar-refractivity contribution in [3.63, 3.8) is 0 Å². The van der Waals surface area contributed by atoms with Gasteiger partial charge in [-0.25, -0.2) is 0 Å². The average Bonchev–Trinajstić information content (AvgIpc) is 2.72. The van der Waals surface area contributed by atoms with Gasteiger partial charge in [0.25, 0.3) is 0 Å². The highest BCUT2D eigenvalue weighted by Gasteiger charge is 2.72. The van der Waals surface area contributed by atoms with Crippen molar-refractivity contribution in [3.05, 3.63) is 28.8 Å². The van der Waals surface area contributed by atoms with Gasteiger partial charge in [-0.1, -0.05) is 32.4 Å². The van der Waals surface area contributed by atoms with Crippen molar-refractivity contribution in [1.82, 2.24) is 0 Å². The van der Waals surface area contributed by atoms with Crippen molar-refractivity contribution in [3.8, 4) is 0 Å². The van der Waals surface area contributed by atoms with Gasteiger partial charge in [0, 0.05) is 10.7 Å². The van der Waals surface area contributed by atoms with Crippen LogP contribution in [0.15, 0.2) is 18.2 Å². The van der Waals surface area contributed by atoms with E-state index in [1.807, 2.05) is 19.1 Å². The molecule has 2 N–H and O–H groups in total. The number of aliphatic hydroxyl groups is 1. The van der Waals surface area contributed by atoms with E-state index in [0.717, 1.165) is 24.1 Å². The van der Waals surface area contributed by atoms with E-state index in [2.05, 4.69) is 26.1 Å². The summed E-state index contributed by atoms with van der Waals surface area (Å²) >= 11 is 5.98. The Bertz CT molecular complexity index is 642. The lowest BCUT2D eigenvalue weighted by atomic mass is 9.64. The van der Waals surface area contributed by atoms with Crippen LogP contribution in [0.2, 0.25) is 5.02 Å². The van der Waals surface area contributed by atoms with E-state index in [-0.39, 0.29) is 16.7 Å². The van der Waals surface area contributed by atoms with Crippen LogP contribution >= 0.6 is 11.6 Å². The summed E-state index contributed by atoms with van der Waals surface area (Å²) in [6.07, 6.45) is 1.88. The zero-order chi connectivity index (χ0) is 16.3. The summed E-state index contributed by atoms with van der Waals surface area (Å²) < 4.78 is 0. The lowest BCUT2D eigenvalue weighted by Gasteiger charge is -2.40. The van der Waals surface area contributed by atoms with Crippen LogP contribution in [0.5, 0.6) is 0 Å². The molecule has 0 radical (unpaired) electrons. The molecular formula is C18H24ClNO2. The molecule has 2 fully saturated rings. The third kappa shape index (κ3) is 1.82. The van der Waals surface area contributed by atoms with Gasteiger partial charge in [-0.05, 0) is 60.8 Å². The van der Waals surface area contributed by atoms with Crippen molar-refractivity contribution >= 4 is 23.2 Å². The zero-order valence-electron chi connectivity index (χ0n) is 13.7. The number of rotatable bonds is 2. The van der Waals surface area contributed by atoms with Crippen LogP contribution in [0.25, 0.3) is 0 Å². The molecule has 0 saturated heterocycles. The summed E-state index contributed by atoms with van der Waals surface area (Å²) in [6, 6.07) is 5.48. The van der Waals surface area contributed by atoms with Crippen molar-refractivity contribution in [2.75, 3.05) is 5.32 Å². The van der Waals surface area contributed by atoms with Crippen molar-refractivity contribution in [2.24, 2.45) is 16.2 Å². The number of anilines is 1. The molecule has 22 heavy (non-hydrogen) atoms. The highest BCUT2D eigenvalue weighted by molar-refractivity contribution is 6.30. The molecule has 1 aromatic rings. The summed E-state index contributed by atoms with van der Waals surface area (Å²) in [5, 5.41) is 14.2. The number of amides is 1. The Hall–Kier alpha value is -1.06. The second kappa shape index (κ2) is 4.72. The number of aliphatic hydroxyl groups excluding tert-OH is 1. The molecule has 0 spiro atoms. The van der Waals surface area contributed by atoms with Gasteiger partial charge in [0.1, 0.15) is 0 Å². The zero-order valence-corrected chi connectivity index (χ0v) is 14.4. The lowest BCUT2D eigenvalue weighted by Crippen LogP contribution is -2.43. The van der Waals surface area contributed by atoms with Crippen molar-refractivity contribution < 1.29 is 9.90 Å². The van der Waals surface area contributed by atoms with Gasteiger partial charge in [0.2, 0.25) is 5.91 Å². The first kappa shape index (κ1) is 15.8. The number of hydrogen-bond acceptors (Lipinski definition) is 2. The number of carbonyl (C=O) groups excluding carboxylic acids is 1. The van der Waals surface area contributed by atoms with Gasteiger partial charge in [0.15, 0.2) is 0 Å². The highest BCUT2D eigenvalue weighted by Crippen LogP contribution is 2.72. The van der Waals surface area contributed by atoms with E-state index in [1.54, 1.807) is 6.07 Å². The molecule has 2 aliphatic rings. The summed E-state index contributed by atoms with van der Waals surface area (Å²) in [5.41, 5.74) is 0.861. The van der Waals surface area contributed by atoms with Gasteiger partial charge in [0.05, 0.1) is 11.5 Å². The maximum absolute atomic E-state index is 13.1. The molecule has 0 heterocycles. The van der Waals surface area contributed by atoms with Crippen LogP contribution in [0, 0.1) is 23.2 Å². The fourth-order valence-corrected chi connectivity index (χ4v) is 4.87. The molecule has 3 unspecified atom stereocenters. The molecule has 4 heteroatoms. The second-order valence-corrected chi connectivity index (χ2v) is 8.19. The number of carbonyl (C=O) groups is 1. The Morgan fingerprint density at radius 3 is 2.50 bits per heavy atom. The number of halogens is 1. The quantitative estimate of drug-likeness (QED) is 0.859. The average molecular weight is 322 g/mol. The first-order chi connectivity index (χ1) is 10.1. The highest BCUT2D eigenvalue weighted by atomic mass is 35.5. The van der Waals surface area contributed by atoms with Gasteiger partial charge < -0.3 is 10.4 Å². The van der Waals surface area contributed by atoms with Gasteiger partial charge in [-0.15, -0.1) is 0 Å². The minimum atomic E-state index is -0.493. The fraction of sp³-hybridized carbons (Fsp3) is 0.611. The molecule has 120 valence electrons. The van der Waals surface area contributed by atoms with E-state index in [9.17, 15) is 9.90 Å². The second-order valence-electron chi connectivity index (χ2n) is 7.76. The molecule has 1 amide bonds. The topological polar surface area (TPSA) is 49.3 Å². The first-order valence-electron chi connectivity index (χ1n) is 7.90. The number of fused-ring (bicyclic) bond motifs is 2. The van der Waals surface area contributed by atoms with E-state index in [4.69, 9.17) is 11.6 Å². The smallest absolute Gasteiger partial charge is 0.231 e. The van der Waals surface area contributed by atoms with Crippen molar-refractivity contribution in [1.29, 1.82) is 0 Å². The maximum atomic E-state index is 13.1. The molecule has 2 aliphatic carbocycles. The van der Waals surface area contributed by atoms with E-state index < -0.39 is 11.5 Å². The number of aryl methyl sites for hydroxylation is 1. The van der Waals surface area contributed by atoms with Gasteiger partial charge >= 0.3 is 0 Å². The number of hydrogen-bond donors (Lipinski definition) is 2. The SMILES string of the molecule is Cc1cc(Cl)ccc1NC(=O)C12CCC(C)(C(O)C1)C2(C)C. The monoisotopic (exact) mass is 321 g/mol. The molecular weight excluding hydrogens is 298 g/mol. The van der Waals surface area contributed by atoms with Crippen LogP contribution in [0.1, 0.15) is 45.6 Å². The maximum Gasteiger partial charge on any atom is 0.231 e. The molecule has 3 rings (SSSR count). The molecule has 0 aliphatic heterocycles. The molecule has 0 aromatic heterocycles. The standard InChI is InChI=1S/C18H24ClNO2/c1-11-9-12(19)5-6-13(11)20-15(22)18-8-7-17(4,14(21)10-18)16(18,2)3/h5-6,9,14,21H,7-8,10H2,1-4H3,(H,20,22). The van der Waals surface area contributed by atoms with Gasteiger partial charge in [-0.2, -0.15) is 0 Å². The van der Waals surface area contributed by atoms with Crippen LogP contribution in [-0.2, 0) is 4.79 Å². The predicted molar refractivity (Wildman–Crippen MR) is 89.0 cm³/mol. The third-order valence-electron chi connectivity index (χ3n) is 6.84. The van der Waals surface area contributed by atoms with Crippen LogP contribution in [0.3, 0.4) is 0 Å². The molecule has 2 bridgehead atoms. The Balaban J connectivity index is 1.93. The normalized spacial score (nSPS) is 35.6. The Morgan fingerprint density at radius 2 is 2.00 bits per heavy atom. The minimum absolute atomic E-state index is 0.0307. The third-order valence-corrected chi connectivity index (χ3v) is 7.08. The summed E-state index contributed by atoms with van der Waals surface area (Å²) in [7, 11) is 0. The molecule has 3 atom stereocenters. The van der Waals surface area contributed by atoms with Crippen LogP contribution in [0.4, 0.5) is 5.69 Å². The van der Waals surface area contributed by atoms with Crippen LogP contribution in [-0.4, -0.2) is 17.1 Å². The van der Waals surface area contributed by atoms with Crippen LogP contribution < -0.4 is 5.32 Å². The molecule has 1 aromatic carbocycles.